The van der Waals surface area contributed by atoms with Crippen LogP contribution in [0.4, 0.5) is 0 Å². The number of unbranched alkanes of at least 4 members (excludes halogenated alkanes) is 2. The van der Waals surface area contributed by atoms with Gasteiger partial charge in [-0.3, -0.25) is 0 Å². The van der Waals surface area contributed by atoms with E-state index in [1.54, 1.807) is 0 Å². The predicted octanol–water partition coefficient (Wildman–Crippen LogP) is 2.65. The van der Waals surface area contributed by atoms with E-state index in [9.17, 15) is 0 Å². The Kier molecular flexibility index (Phi) is 5.08. The molecule has 0 bridgehead atoms. The summed E-state index contributed by atoms with van der Waals surface area (Å²) in [6.07, 6.45) is 6.61. The van der Waals surface area contributed by atoms with Crippen LogP contribution in [0.3, 0.4) is 0 Å². The second-order valence-electron chi connectivity index (χ2n) is 3.78. The van der Waals surface area contributed by atoms with Crippen molar-refractivity contribution in [2.24, 2.45) is 11.7 Å². The van der Waals surface area contributed by atoms with Gasteiger partial charge in [0.25, 0.3) is 0 Å². The topological polar surface area (TPSA) is 26.0 Å². The summed E-state index contributed by atoms with van der Waals surface area (Å²) in [6.45, 7) is 2.25. The Hall–Kier alpha value is 0.310. The summed E-state index contributed by atoms with van der Waals surface area (Å²) >= 11 is 2.07. The second-order valence-corrected chi connectivity index (χ2v) is 4.93. The van der Waals surface area contributed by atoms with Crippen LogP contribution in [0.5, 0.6) is 0 Å². The summed E-state index contributed by atoms with van der Waals surface area (Å²) in [7, 11) is 0. The van der Waals surface area contributed by atoms with Crippen molar-refractivity contribution in [1.82, 2.24) is 0 Å². The van der Waals surface area contributed by atoms with Gasteiger partial charge in [0.1, 0.15) is 0 Å². The van der Waals surface area contributed by atoms with Crippen molar-refractivity contribution in [3.63, 3.8) is 0 Å². The smallest absolute Gasteiger partial charge is 0.00753 e. The van der Waals surface area contributed by atoms with Crippen LogP contribution in [0.1, 0.15) is 39.0 Å². The van der Waals surface area contributed by atoms with Crippen LogP contribution >= 0.6 is 11.8 Å². The molecule has 1 aliphatic heterocycles. The number of hydrogen-bond acceptors (Lipinski definition) is 2. The van der Waals surface area contributed by atoms with Gasteiger partial charge >= 0.3 is 0 Å². The molecule has 1 fully saturated rings. The molecule has 1 saturated heterocycles. The first-order chi connectivity index (χ1) is 5.84. The lowest BCUT2D eigenvalue weighted by molar-refractivity contribution is 0.424. The third-order valence-corrected chi connectivity index (χ3v) is 3.90. The molecular weight excluding hydrogens is 166 g/mol. The van der Waals surface area contributed by atoms with E-state index in [0.29, 0.717) is 6.04 Å². The summed E-state index contributed by atoms with van der Waals surface area (Å²) in [4.78, 5) is 0. The van der Waals surface area contributed by atoms with Crippen molar-refractivity contribution in [2.45, 2.75) is 45.1 Å². The molecule has 0 amide bonds. The molecule has 1 heterocycles. The molecule has 1 aliphatic rings. The molecular formula is C10H21NS. The molecule has 2 unspecified atom stereocenters. The molecule has 0 aromatic carbocycles. The van der Waals surface area contributed by atoms with Gasteiger partial charge in [-0.05, 0) is 30.3 Å². The van der Waals surface area contributed by atoms with Gasteiger partial charge in [-0.2, -0.15) is 11.8 Å². The molecule has 12 heavy (non-hydrogen) atoms. The summed E-state index contributed by atoms with van der Waals surface area (Å²) in [6, 6.07) is 0.492. The third kappa shape index (κ3) is 3.36. The van der Waals surface area contributed by atoms with E-state index in [1.165, 1.54) is 43.6 Å². The predicted molar refractivity (Wildman–Crippen MR) is 57.5 cm³/mol. The van der Waals surface area contributed by atoms with Crippen molar-refractivity contribution in [1.29, 1.82) is 0 Å². The van der Waals surface area contributed by atoms with Gasteiger partial charge in [0.2, 0.25) is 0 Å². The maximum atomic E-state index is 6.11. The van der Waals surface area contributed by atoms with E-state index >= 15 is 0 Å². The quantitative estimate of drug-likeness (QED) is 0.670. The Labute approximate surface area is 80.5 Å². The highest BCUT2D eigenvalue weighted by molar-refractivity contribution is 7.99. The van der Waals surface area contributed by atoms with E-state index in [2.05, 4.69) is 18.7 Å². The zero-order valence-electron chi connectivity index (χ0n) is 8.09. The molecule has 2 atom stereocenters. The average molecular weight is 187 g/mol. The van der Waals surface area contributed by atoms with Crippen LogP contribution in [-0.2, 0) is 0 Å². The van der Waals surface area contributed by atoms with Crippen LogP contribution in [0.25, 0.3) is 0 Å². The molecule has 1 rings (SSSR count). The van der Waals surface area contributed by atoms with Gasteiger partial charge in [-0.15, -0.1) is 0 Å². The number of rotatable bonds is 5. The highest BCUT2D eigenvalue weighted by Crippen LogP contribution is 2.27. The van der Waals surface area contributed by atoms with Gasteiger partial charge in [0, 0.05) is 6.04 Å². The van der Waals surface area contributed by atoms with Gasteiger partial charge in [0.05, 0.1) is 0 Å². The molecule has 0 aromatic heterocycles. The largest absolute Gasteiger partial charge is 0.327 e. The van der Waals surface area contributed by atoms with E-state index in [-0.39, 0.29) is 0 Å². The van der Waals surface area contributed by atoms with Crippen LogP contribution in [-0.4, -0.2) is 17.5 Å². The normalized spacial score (nSPS) is 26.0. The van der Waals surface area contributed by atoms with E-state index in [4.69, 9.17) is 5.73 Å². The van der Waals surface area contributed by atoms with Gasteiger partial charge in [-0.1, -0.05) is 26.2 Å². The SMILES string of the molecule is CCCCCC(N)C1CCSC1. The number of nitrogens with two attached hydrogens (primary N) is 1. The van der Waals surface area contributed by atoms with Gasteiger partial charge < -0.3 is 5.73 Å². The van der Waals surface area contributed by atoms with Crippen molar-refractivity contribution in [3.05, 3.63) is 0 Å². The monoisotopic (exact) mass is 187 g/mol. The van der Waals surface area contributed by atoms with Crippen molar-refractivity contribution in [3.8, 4) is 0 Å². The summed E-state index contributed by atoms with van der Waals surface area (Å²) in [5.74, 6) is 3.48. The average Bonchev–Trinajstić information content (AvgIpc) is 2.56. The van der Waals surface area contributed by atoms with Crippen molar-refractivity contribution >= 4 is 11.8 Å². The maximum Gasteiger partial charge on any atom is 0.00753 e. The molecule has 72 valence electrons. The molecule has 0 radical (unpaired) electrons. The Morgan fingerprint density at radius 1 is 1.50 bits per heavy atom. The molecule has 0 aliphatic carbocycles. The number of hydrogen-bond donors (Lipinski definition) is 1. The zero-order chi connectivity index (χ0) is 8.81. The molecule has 2 N–H and O–H groups in total. The minimum atomic E-state index is 0.492. The molecule has 2 heteroatoms. The van der Waals surface area contributed by atoms with E-state index in [1.807, 2.05) is 0 Å². The first-order valence-electron chi connectivity index (χ1n) is 5.18. The number of thioether (sulfide) groups is 1. The molecule has 0 saturated carbocycles. The molecule has 0 spiro atoms. The Morgan fingerprint density at radius 2 is 2.33 bits per heavy atom. The molecule has 1 nitrogen and oxygen atoms in total. The highest BCUT2D eigenvalue weighted by atomic mass is 32.2. The lowest BCUT2D eigenvalue weighted by Gasteiger charge is -2.17. The second kappa shape index (κ2) is 5.87. The maximum absolute atomic E-state index is 6.11. The first-order valence-corrected chi connectivity index (χ1v) is 6.33. The lowest BCUT2D eigenvalue weighted by Crippen LogP contribution is -2.29. The highest BCUT2D eigenvalue weighted by Gasteiger charge is 2.21. The first kappa shape index (κ1) is 10.4. The third-order valence-electron chi connectivity index (χ3n) is 2.71. The van der Waals surface area contributed by atoms with E-state index < -0.39 is 0 Å². The van der Waals surface area contributed by atoms with Gasteiger partial charge in [0.15, 0.2) is 0 Å². The fraction of sp³-hybridized carbons (Fsp3) is 1.00. The van der Waals surface area contributed by atoms with Crippen molar-refractivity contribution < 1.29 is 0 Å². The Morgan fingerprint density at radius 3 is 2.92 bits per heavy atom. The lowest BCUT2D eigenvalue weighted by atomic mass is 9.95. The Bertz CT molecular complexity index is 110. The summed E-state index contributed by atoms with van der Waals surface area (Å²) in [5.41, 5.74) is 6.11. The van der Waals surface area contributed by atoms with E-state index in [0.717, 1.165) is 5.92 Å². The minimum Gasteiger partial charge on any atom is -0.327 e. The van der Waals surface area contributed by atoms with Gasteiger partial charge in [-0.25, -0.2) is 0 Å². The molecule has 0 aromatic rings. The van der Waals surface area contributed by atoms with Crippen LogP contribution in [0.15, 0.2) is 0 Å². The van der Waals surface area contributed by atoms with Crippen LogP contribution < -0.4 is 5.73 Å². The van der Waals surface area contributed by atoms with Crippen LogP contribution in [0.2, 0.25) is 0 Å². The van der Waals surface area contributed by atoms with Crippen LogP contribution in [0, 0.1) is 5.92 Å². The van der Waals surface area contributed by atoms with Crippen molar-refractivity contribution in [2.75, 3.05) is 11.5 Å². The Balaban J connectivity index is 2.05. The summed E-state index contributed by atoms with van der Waals surface area (Å²) in [5, 5.41) is 0. The standard InChI is InChI=1S/C10H21NS/c1-2-3-4-5-10(11)9-6-7-12-8-9/h9-10H,2-8,11H2,1H3. The zero-order valence-corrected chi connectivity index (χ0v) is 8.91. The fourth-order valence-electron chi connectivity index (χ4n) is 1.76. The summed E-state index contributed by atoms with van der Waals surface area (Å²) < 4.78 is 0. The minimum absolute atomic E-state index is 0.492. The fourth-order valence-corrected chi connectivity index (χ4v) is 3.11.